The SMILES string of the molecule is COCCn1cc(OC)s/c1=N\C(=O)C12CC3CC(CC(C3)C1)C2. The van der Waals surface area contributed by atoms with E-state index in [2.05, 4.69) is 4.99 Å². The summed E-state index contributed by atoms with van der Waals surface area (Å²) in [6, 6.07) is 0. The molecule has 0 aliphatic heterocycles. The van der Waals surface area contributed by atoms with E-state index in [0.29, 0.717) is 13.2 Å². The lowest BCUT2D eigenvalue weighted by molar-refractivity contribution is -0.142. The number of ether oxygens (including phenoxy) is 2. The van der Waals surface area contributed by atoms with Crippen LogP contribution in [0.15, 0.2) is 11.2 Å². The molecule has 4 fully saturated rings. The van der Waals surface area contributed by atoms with Gasteiger partial charge in [0.2, 0.25) is 0 Å². The van der Waals surface area contributed by atoms with Crippen molar-refractivity contribution in [1.82, 2.24) is 4.57 Å². The first-order valence-electron chi connectivity index (χ1n) is 8.94. The van der Waals surface area contributed by atoms with Crippen LogP contribution in [-0.4, -0.2) is 31.3 Å². The molecule has 4 aliphatic rings. The van der Waals surface area contributed by atoms with Gasteiger partial charge in [-0.3, -0.25) is 4.79 Å². The first kappa shape index (κ1) is 16.3. The molecule has 1 heterocycles. The van der Waals surface area contributed by atoms with Gasteiger partial charge in [0.05, 0.1) is 25.3 Å². The molecule has 0 atom stereocenters. The van der Waals surface area contributed by atoms with Gasteiger partial charge in [0.25, 0.3) is 5.91 Å². The lowest BCUT2D eigenvalue weighted by Crippen LogP contribution is -2.49. The van der Waals surface area contributed by atoms with Gasteiger partial charge in [0, 0.05) is 13.7 Å². The van der Waals surface area contributed by atoms with Crippen molar-refractivity contribution in [3.63, 3.8) is 0 Å². The maximum absolute atomic E-state index is 13.1. The maximum Gasteiger partial charge on any atom is 0.254 e. The Bertz CT molecular complexity index is 655. The van der Waals surface area contributed by atoms with E-state index in [-0.39, 0.29) is 11.3 Å². The summed E-state index contributed by atoms with van der Waals surface area (Å²) in [6.07, 6.45) is 9.11. The highest BCUT2D eigenvalue weighted by molar-refractivity contribution is 7.11. The van der Waals surface area contributed by atoms with Crippen molar-refractivity contribution in [3.8, 4) is 5.06 Å². The molecular formula is C18H26N2O3S. The highest BCUT2D eigenvalue weighted by Crippen LogP contribution is 2.60. The van der Waals surface area contributed by atoms with Gasteiger partial charge in [0.1, 0.15) is 0 Å². The Morgan fingerprint density at radius 3 is 2.42 bits per heavy atom. The summed E-state index contributed by atoms with van der Waals surface area (Å²) in [6.45, 7) is 1.28. The normalized spacial score (nSPS) is 34.8. The van der Waals surface area contributed by atoms with Crippen molar-refractivity contribution in [3.05, 3.63) is 11.0 Å². The van der Waals surface area contributed by atoms with Crippen LogP contribution >= 0.6 is 11.3 Å². The highest BCUT2D eigenvalue weighted by Gasteiger charge is 2.54. The van der Waals surface area contributed by atoms with Gasteiger partial charge in [-0.2, -0.15) is 4.99 Å². The lowest BCUT2D eigenvalue weighted by atomic mass is 9.49. The molecule has 132 valence electrons. The molecule has 24 heavy (non-hydrogen) atoms. The predicted octanol–water partition coefficient (Wildman–Crippen LogP) is 2.85. The molecule has 1 aromatic heterocycles. The predicted molar refractivity (Wildman–Crippen MR) is 91.9 cm³/mol. The molecular weight excluding hydrogens is 324 g/mol. The summed E-state index contributed by atoms with van der Waals surface area (Å²) in [5.74, 6) is 2.38. The van der Waals surface area contributed by atoms with E-state index in [9.17, 15) is 4.79 Å². The molecule has 0 N–H and O–H groups in total. The number of thiazole rings is 1. The van der Waals surface area contributed by atoms with E-state index >= 15 is 0 Å². The molecule has 6 heteroatoms. The van der Waals surface area contributed by atoms with Gasteiger partial charge in [-0.05, 0) is 56.3 Å². The standard InChI is InChI=1S/C18H26N2O3S/c1-22-4-3-20-11-15(23-2)24-17(20)19-16(21)18-8-12-5-13(9-18)7-14(6-12)10-18/h11-14H,3-10H2,1-2H3/b19-17-. The molecule has 0 unspecified atom stereocenters. The van der Waals surface area contributed by atoms with Crippen molar-refractivity contribution < 1.29 is 14.3 Å². The minimum absolute atomic E-state index is 0.109. The maximum atomic E-state index is 13.1. The van der Waals surface area contributed by atoms with Crippen LogP contribution in [-0.2, 0) is 16.1 Å². The number of aromatic nitrogens is 1. The average molecular weight is 350 g/mol. The van der Waals surface area contributed by atoms with Crippen LogP contribution in [0.2, 0.25) is 0 Å². The molecule has 4 saturated carbocycles. The minimum Gasteiger partial charge on any atom is -0.486 e. The summed E-state index contributed by atoms with van der Waals surface area (Å²) in [7, 11) is 3.33. The highest BCUT2D eigenvalue weighted by atomic mass is 32.1. The monoisotopic (exact) mass is 350 g/mol. The average Bonchev–Trinajstić information content (AvgIpc) is 2.93. The topological polar surface area (TPSA) is 52.8 Å². The van der Waals surface area contributed by atoms with Crippen LogP contribution in [0.5, 0.6) is 5.06 Å². The summed E-state index contributed by atoms with van der Waals surface area (Å²) in [4.78, 5) is 18.5. The van der Waals surface area contributed by atoms with Crippen molar-refractivity contribution in [2.75, 3.05) is 20.8 Å². The van der Waals surface area contributed by atoms with Crippen LogP contribution in [0.1, 0.15) is 38.5 Å². The summed E-state index contributed by atoms with van der Waals surface area (Å²) >= 11 is 1.44. The van der Waals surface area contributed by atoms with E-state index in [1.807, 2.05) is 10.8 Å². The molecule has 0 radical (unpaired) electrons. The van der Waals surface area contributed by atoms with Gasteiger partial charge in [0.15, 0.2) is 9.86 Å². The summed E-state index contributed by atoms with van der Waals surface area (Å²) in [5, 5.41) is 0.781. The number of nitrogens with zero attached hydrogens (tertiary/aromatic N) is 2. The second-order valence-corrected chi connectivity index (χ2v) is 8.81. The fraction of sp³-hybridized carbons (Fsp3) is 0.778. The number of amides is 1. The smallest absolute Gasteiger partial charge is 0.254 e. The molecule has 5 nitrogen and oxygen atoms in total. The van der Waals surface area contributed by atoms with Gasteiger partial charge < -0.3 is 14.0 Å². The van der Waals surface area contributed by atoms with Crippen LogP contribution < -0.4 is 9.54 Å². The third-order valence-corrected chi connectivity index (χ3v) is 7.11. The number of carbonyl (C=O) groups is 1. The van der Waals surface area contributed by atoms with E-state index in [4.69, 9.17) is 9.47 Å². The third-order valence-electron chi connectivity index (χ3n) is 6.13. The van der Waals surface area contributed by atoms with Gasteiger partial charge in [-0.25, -0.2) is 0 Å². The fourth-order valence-corrected chi connectivity index (χ4v) is 6.30. The van der Waals surface area contributed by atoms with Crippen LogP contribution in [0, 0.1) is 23.2 Å². The molecule has 5 rings (SSSR count). The zero-order valence-corrected chi connectivity index (χ0v) is 15.3. The van der Waals surface area contributed by atoms with Crippen molar-refractivity contribution in [2.24, 2.45) is 28.2 Å². The number of methoxy groups -OCH3 is 2. The van der Waals surface area contributed by atoms with Gasteiger partial charge in [-0.1, -0.05) is 11.3 Å². The quantitative estimate of drug-likeness (QED) is 0.820. The Balaban J connectivity index is 1.63. The fourth-order valence-electron chi connectivity index (χ4n) is 5.47. The molecule has 4 aliphatic carbocycles. The Labute approximate surface area is 146 Å². The van der Waals surface area contributed by atoms with Crippen LogP contribution in [0.4, 0.5) is 0 Å². The van der Waals surface area contributed by atoms with Gasteiger partial charge in [-0.15, -0.1) is 0 Å². The first-order valence-corrected chi connectivity index (χ1v) is 9.76. The van der Waals surface area contributed by atoms with Crippen LogP contribution in [0.3, 0.4) is 0 Å². The Morgan fingerprint density at radius 2 is 1.88 bits per heavy atom. The van der Waals surface area contributed by atoms with Gasteiger partial charge >= 0.3 is 0 Å². The molecule has 0 aromatic carbocycles. The summed E-state index contributed by atoms with van der Waals surface area (Å²) in [5.41, 5.74) is -0.176. The molecule has 1 amide bonds. The van der Waals surface area contributed by atoms with Crippen molar-refractivity contribution >= 4 is 17.2 Å². The summed E-state index contributed by atoms with van der Waals surface area (Å²) < 4.78 is 12.5. The van der Waals surface area contributed by atoms with Crippen LogP contribution in [0.25, 0.3) is 0 Å². The second-order valence-electron chi connectivity index (χ2n) is 7.84. The molecule has 1 aromatic rings. The third kappa shape index (κ3) is 2.84. The number of hydrogen-bond donors (Lipinski definition) is 0. The first-order chi connectivity index (χ1) is 11.6. The minimum atomic E-state index is -0.176. The lowest BCUT2D eigenvalue weighted by Gasteiger charge is -2.55. The van der Waals surface area contributed by atoms with E-state index in [0.717, 1.165) is 46.9 Å². The van der Waals surface area contributed by atoms with E-state index in [1.165, 1.54) is 30.6 Å². The Morgan fingerprint density at radius 1 is 1.25 bits per heavy atom. The molecule has 0 spiro atoms. The zero-order valence-electron chi connectivity index (χ0n) is 14.5. The molecule has 4 bridgehead atoms. The van der Waals surface area contributed by atoms with Crippen molar-refractivity contribution in [2.45, 2.75) is 45.1 Å². The van der Waals surface area contributed by atoms with E-state index in [1.54, 1.807) is 14.2 Å². The number of hydrogen-bond acceptors (Lipinski definition) is 4. The Hall–Kier alpha value is -1.14. The zero-order chi connectivity index (χ0) is 16.7. The van der Waals surface area contributed by atoms with E-state index < -0.39 is 0 Å². The number of rotatable bonds is 5. The van der Waals surface area contributed by atoms with Crippen molar-refractivity contribution in [1.29, 1.82) is 0 Å². The second kappa shape index (κ2) is 6.30. The molecule has 0 saturated heterocycles. The number of carbonyl (C=O) groups excluding carboxylic acids is 1. The largest absolute Gasteiger partial charge is 0.486 e. The Kier molecular flexibility index (Phi) is 4.29.